The van der Waals surface area contributed by atoms with Gasteiger partial charge in [-0.2, -0.15) is 0 Å². The van der Waals surface area contributed by atoms with Crippen LogP contribution in [0.15, 0.2) is 18.2 Å². The second-order valence-electron chi connectivity index (χ2n) is 8.06. The monoisotopic (exact) mass is 330 g/mol. The largest absolute Gasteiger partial charge is 0.481 e. The Hall–Kier alpha value is -1.84. The van der Waals surface area contributed by atoms with E-state index in [-0.39, 0.29) is 11.3 Å². The van der Waals surface area contributed by atoms with E-state index >= 15 is 0 Å². The highest BCUT2D eigenvalue weighted by Gasteiger charge is 2.55. The number of rotatable bonds is 3. The number of carbonyl (C=O) groups is 2. The van der Waals surface area contributed by atoms with Gasteiger partial charge in [-0.25, -0.2) is 0 Å². The average Bonchev–Trinajstić information content (AvgIpc) is 2.53. The number of carboxylic acid groups (broad SMARTS) is 2. The highest BCUT2D eigenvalue weighted by atomic mass is 16.4. The molecule has 3 rings (SSSR count). The number of aryl methyl sites for hydroxylation is 1. The first-order chi connectivity index (χ1) is 11.2. The first-order valence-electron chi connectivity index (χ1n) is 8.79. The van der Waals surface area contributed by atoms with Crippen molar-refractivity contribution in [3.63, 3.8) is 0 Å². The highest BCUT2D eigenvalue weighted by molar-refractivity contribution is 5.76. The lowest BCUT2D eigenvalue weighted by atomic mass is 9.50. The maximum absolute atomic E-state index is 11.9. The van der Waals surface area contributed by atoms with Crippen molar-refractivity contribution in [2.24, 2.45) is 11.3 Å². The Morgan fingerprint density at radius 1 is 1.21 bits per heavy atom. The van der Waals surface area contributed by atoms with Crippen LogP contribution < -0.4 is 0 Å². The summed E-state index contributed by atoms with van der Waals surface area (Å²) in [6, 6.07) is 6.00. The molecule has 0 saturated heterocycles. The minimum Gasteiger partial charge on any atom is -0.481 e. The van der Waals surface area contributed by atoms with Gasteiger partial charge in [-0.15, -0.1) is 0 Å². The molecule has 4 nitrogen and oxygen atoms in total. The molecule has 0 amide bonds. The Morgan fingerprint density at radius 3 is 2.54 bits per heavy atom. The van der Waals surface area contributed by atoms with E-state index in [4.69, 9.17) is 0 Å². The van der Waals surface area contributed by atoms with Gasteiger partial charge in [-0.05, 0) is 67.6 Å². The molecule has 2 aliphatic rings. The lowest BCUT2D eigenvalue weighted by Crippen LogP contribution is -2.52. The Kier molecular flexibility index (Phi) is 3.97. The van der Waals surface area contributed by atoms with Crippen LogP contribution in [-0.2, 0) is 21.4 Å². The molecule has 0 aliphatic heterocycles. The molecule has 1 aromatic rings. The molecular formula is C20H26O4. The number of hydrogen-bond donors (Lipinski definition) is 2. The van der Waals surface area contributed by atoms with Gasteiger partial charge in [0.25, 0.3) is 0 Å². The fraction of sp³-hybridized carbons (Fsp3) is 0.600. The molecule has 0 heterocycles. The smallest absolute Gasteiger partial charge is 0.310 e. The first kappa shape index (κ1) is 17.0. The Labute approximate surface area is 142 Å². The molecule has 0 spiro atoms. The van der Waals surface area contributed by atoms with Crippen LogP contribution in [0.3, 0.4) is 0 Å². The van der Waals surface area contributed by atoms with Crippen LogP contribution >= 0.6 is 0 Å². The van der Waals surface area contributed by atoms with Crippen LogP contribution in [-0.4, -0.2) is 22.2 Å². The Morgan fingerprint density at radius 2 is 1.92 bits per heavy atom. The van der Waals surface area contributed by atoms with Crippen molar-refractivity contribution in [2.75, 3.05) is 0 Å². The molecule has 1 fully saturated rings. The summed E-state index contributed by atoms with van der Waals surface area (Å²) >= 11 is 0. The topological polar surface area (TPSA) is 74.6 Å². The normalized spacial score (nSPS) is 33.2. The summed E-state index contributed by atoms with van der Waals surface area (Å²) in [7, 11) is 0. The second-order valence-corrected chi connectivity index (χ2v) is 8.06. The van der Waals surface area contributed by atoms with Crippen LogP contribution in [0.2, 0.25) is 0 Å². The van der Waals surface area contributed by atoms with Gasteiger partial charge in [0.05, 0.1) is 11.3 Å². The number of hydrogen-bond acceptors (Lipinski definition) is 2. The van der Waals surface area contributed by atoms with Gasteiger partial charge in [-0.3, -0.25) is 9.59 Å². The van der Waals surface area contributed by atoms with Crippen molar-refractivity contribution < 1.29 is 19.8 Å². The zero-order chi connectivity index (χ0) is 17.7. The van der Waals surface area contributed by atoms with E-state index in [2.05, 4.69) is 13.0 Å². The van der Waals surface area contributed by atoms with Crippen LogP contribution in [0.5, 0.6) is 0 Å². The van der Waals surface area contributed by atoms with E-state index in [0.29, 0.717) is 0 Å². The predicted molar refractivity (Wildman–Crippen MR) is 91.2 cm³/mol. The fourth-order valence-corrected chi connectivity index (χ4v) is 5.18. The van der Waals surface area contributed by atoms with E-state index in [1.165, 1.54) is 11.1 Å². The van der Waals surface area contributed by atoms with Crippen LogP contribution in [0.4, 0.5) is 0 Å². The molecule has 0 radical (unpaired) electrons. The molecule has 24 heavy (non-hydrogen) atoms. The molecule has 1 saturated carbocycles. The summed E-state index contributed by atoms with van der Waals surface area (Å²) in [5.41, 5.74) is 2.46. The lowest BCUT2D eigenvalue weighted by Gasteiger charge is -2.53. The van der Waals surface area contributed by atoms with Gasteiger partial charge in [0.15, 0.2) is 0 Å². The molecule has 0 aromatic heterocycles. The number of carboxylic acids is 2. The standard InChI is InChI=1S/C20H26O4/c1-12(17(21)22)13-5-7-15-14(11-13)6-8-16-19(15,2)9-4-10-20(16,3)18(23)24/h5,7,11-12,16H,4,6,8-10H2,1-3H3,(H,21,22)(H,23,24)/t12-,16+,19+,20+/m0/s1. The summed E-state index contributed by atoms with van der Waals surface area (Å²) < 4.78 is 0. The Bertz CT molecular complexity index is 695. The van der Waals surface area contributed by atoms with Gasteiger partial charge in [-0.1, -0.05) is 31.5 Å². The number of aliphatic carboxylic acids is 2. The lowest BCUT2D eigenvalue weighted by molar-refractivity contribution is -0.157. The third kappa shape index (κ3) is 2.35. The van der Waals surface area contributed by atoms with Crippen molar-refractivity contribution in [3.05, 3.63) is 34.9 Å². The Balaban J connectivity index is 2.04. The highest BCUT2D eigenvalue weighted by Crippen LogP contribution is 2.57. The summed E-state index contributed by atoms with van der Waals surface area (Å²) in [5, 5.41) is 19.1. The summed E-state index contributed by atoms with van der Waals surface area (Å²) in [6.07, 6.45) is 4.35. The van der Waals surface area contributed by atoms with E-state index in [1.807, 2.05) is 19.1 Å². The summed E-state index contributed by atoms with van der Waals surface area (Å²) in [5.74, 6) is -1.88. The molecule has 0 bridgehead atoms. The van der Waals surface area contributed by atoms with Gasteiger partial charge >= 0.3 is 11.9 Å². The van der Waals surface area contributed by atoms with Crippen LogP contribution in [0.25, 0.3) is 0 Å². The van der Waals surface area contributed by atoms with E-state index in [1.54, 1.807) is 6.92 Å². The third-order valence-corrected chi connectivity index (χ3v) is 6.74. The maximum atomic E-state index is 11.9. The zero-order valence-electron chi connectivity index (χ0n) is 14.6. The molecule has 4 heteroatoms. The molecule has 2 aliphatic carbocycles. The molecule has 2 N–H and O–H groups in total. The summed E-state index contributed by atoms with van der Waals surface area (Å²) in [6.45, 7) is 5.82. The quantitative estimate of drug-likeness (QED) is 0.879. The van der Waals surface area contributed by atoms with E-state index in [9.17, 15) is 19.8 Å². The third-order valence-electron chi connectivity index (χ3n) is 6.74. The minimum atomic E-state index is -0.814. The van der Waals surface area contributed by atoms with Crippen LogP contribution in [0.1, 0.15) is 69.1 Å². The van der Waals surface area contributed by atoms with Crippen molar-refractivity contribution in [3.8, 4) is 0 Å². The van der Waals surface area contributed by atoms with Gasteiger partial charge in [0.2, 0.25) is 0 Å². The summed E-state index contributed by atoms with van der Waals surface area (Å²) in [4.78, 5) is 23.2. The van der Waals surface area contributed by atoms with E-state index in [0.717, 1.165) is 37.7 Å². The number of benzene rings is 1. The van der Waals surface area contributed by atoms with Gasteiger partial charge in [0.1, 0.15) is 0 Å². The first-order valence-corrected chi connectivity index (χ1v) is 8.79. The van der Waals surface area contributed by atoms with Crippen molar-refractivity contribution in [2.45, 2.75) is 64.2 Å². The van der Waals surface area contributed by atoms with Crippen molar-refractivity contribution in [1.29, 1.82) is 0 Å². The SMILES string of the molecule is C[C@H](C(=O)O)c1ccc2c(c1)CC[C@H]1[C@](C)(C(=O)O)CCC[C@]21C. The predicted octanol–water partition coefficient (Wildman–Crippen LogP) is 3.97. The zero-order valence-corrected chi connectivity index (χ0v) is 14.6. The fourth-order valence-electron chi connectivity index (χ4n) is 5.18. The molecule has 0 unspecified atom stereocenters. The number of fused-ring (bicyclic) bond motifs is 3. The average molecular weight is 330 g/mol. The minimum absolute atomic E-state index is 0.131. The van der Waals surface area contributed by atoms with Crippen LogP contribution in [0, 0.1) is 11.3 Å². The maximum Gasteiger partial charge on any atom is 0.310 e. The second kappa shape index (κ2) is 5.61. The molecule has 1 aromatic carbocycles. The van der Waals surface area contributed by atoms with Gasteiger partial charge in [0, 0.05) is 0 Å². The molecular weight excluding hydrogens is 304 g/mol. The van der Waals surface area contributed by atoms with E-state index < -0.39 is 23.3 Å². The molecule has 130 valence electrons. The van der Waals surface area contributed by atoms with Crippen molar-refractivity contribution in [1.82, 2.24) is 0 Å². The van der Waals surface area contributed by atoms with Crippen molar-refractivity contribution >= 4 is 11.9 Å². The van der Waals surface area contributed by atoms with Gasteiger partial charge < -0.3 is 10.2 Å². The molecule has 4 atom stereocenters.